The number of rotatable bonds is 8. The number of ether oxygens (including phenoxy) is 2. The highest BCUT2D eigenvalue weighted by atomic mass is 16.5. The Morgan fingerprint density at radius 3 is 2.44 bits per heavy atom. The topological polar surface area (TPSA) is 107 Å². The van der Waals surface area contributed by atoms with Gasteiger partial charge in [-0.15, -0.1) is 0 Å². The van der Waals surface area contributed by atoms with Crippen molar-refractivity contribution in [3.05, 3.63) is 72.6 Å². The van der Waals surface area contributed by atoms with Crippen LogP contribution in [-0.4, -0.2) is 40.3 Å². The summed E-state index contributed by atoms with van der Waals surface area (Å²) in [6.45, 7) is 3.85. The number of methoxy groups -OCH3 is 1. The summed E-state index contributed by atoms with van der Waals surface area (Å²) in [5.41, 5.74) is 2.20. The lowest BCUT2D eigenvalue weighted by Gasteiger charge is -2.11. The van der Waals surface area contributed by atoms with Crippen molar-refractivity contribution in [2.75, 3.05) is 24.4 Å². The van der Waals surface area contributed by atoms with Gasteiger partial charge in [-0.25, -0.2) is 9.67 Å². The summed E-state index contributed by atoms with van der Waals surface area (Å²) in [6, 6.07) is 15.9. The smallest absolute Gasteiger partial charge is 0.262 e. The fourth-order valence-electron chi connectivity index (χ4n) is 3.40. The molecule has 0 saturated carbocycles. The third-order valence-corrected chi connectivity index (χ3v) is 5.02. The molecule has 0 spiro atoms. The van der Waals surface area contributed by atoms with Crippen molar-refractivity contribution >= 4 is 34.2 Å². The minimum absolute atomic E-state index is 0.169. The second-order valence-electron chi connectivity index (χ2n) is 7.84. The van der Waals surface area contributed by atoms with Crippen LogP contribution in [0.2, 0.25) is 0 Å². The summed E-state index contributed by atoms with van der Waals surface area (Å²) in [5.74, 6) is 0.371. The molecular weight excluding hydrogens is 434 g/mol. The van der Waals surface area contributed by atoms with Gasteiger partial charge in [-0.1, -0.05) is 18.2 Å². The number of carbonyl (C=O) groups excluding carboxylic acids is 2. The molecule has 9 nitrogen and oxygen atoms in total. The van der Waals surface area contributed by atoms with Crippen LogP contribution in [0, 0.1) is 0 Å². The maximum absolute atomic E-state index is 12.8. The highest BCUT2D eigenvalue weighted by Crippen LogP contribution is 2.25. The Bertz CT molecular complexity index is 1330. The van der Waals surface area contributed by atoms with Crippen LogP contribution in [0.15, 0.2) is 67.0 Å². The van der Waals surface area contributed by atoms with Crippen molar-refractivity contribution < 1.29 is 19.1 Å². The lowest BCUT2D eigenvalue weighted by molar-refractivity contribution is -0.118. The molecule has 2 amide bonds. The van der Waals surface area contributed by atoms with Crippen LogP contribution in [0.1, 0.15) is 30.2 Å². The van der Waals surface area contributed by atoms with E-state index in [1.165, 1.54) is 13.3 Å². The van der Waals surface area contributed by atoms with Crippen LogP contribution in [0.5, 0.6) is 11.5 Å². The summed E-state index contributed by atoms with van der Waals surface area (Å²) >= 11 is 0. The van der Waals surface area contributed by atoms with Gasteiger partial charge in [-0.3, -0.25) is 9.59 Å². The predicted molar refractivity (Wildman–Crippen MR) is 129 cm³/mol. The second-order valence-corrected chi connectivity index (χ2v) is 7.84. The van der Waals surface area contributed by atoms with E-state index in [1.54, 1.807) is 59.4 Å². The van der Waals surface area contributed by atoms with Crippen molar-refractivity contribution in [1.29, 1.82) is 0 Å². The number of fused-ring (bicyclic) bond motifs is 1. The molecule has 0 fully saturated rings. The van der Waals surface area contributed by atoms with Crippen molar-refractivity contribution in [3.8, 4) is 11.5 Å². The molecule has 2 N–H and O–H groups in total. The molecule has 4 aromatic rings. The Morgan fingerprint density at radius 1 is 0.971 bits per heavy atom. The summed E-state index contributed by atoms with van der Waals surface area (Å²) in [5, 5.41) is 10.7. The van der Waals surface area contributed by atoms with Crippen molar-refractivity contribution in [2.45, 2.75) is 19.9 Å². The maximum Gasteiger partial charge on any atom is 0.262 e. The van der Waals surface area contributed by atoms with Crippen molar-refractivity contribution in [2.24, 2.45) is 0 Å². The number of carbonyl (C=O) groups is 2. The van der Waals surface area contributed by atoms with Gasteiger partial charge < -0.3 is 20.1 Å². The first-order chi connectivity index (χ1) is 16.4. The Hall–Kier alpha value is -4.40. The van der Waals surface area contributed by atoms with Gasteiger partial charge in [0.25, 0.3) is 11.8 Å². The fraction of sp³-hybridized carbons (Fsp3) is 0.200. The van der Waals surface area contributed by atoms with Crippen LogP contribution in [-0.2, 0) is 4.79 Å². The number of nitrogens with zero attached hydrogens (tertiary/aromatic N) is 3. The zero-order valence-corrected chi connectivity index (χ0v) is 19.1. The number of hydrogen-bond acceptors (Lipinski definition) is 6. The van der Waals surface area contributed by atoms with Gasteiger partial charge in [-0.05, 0) is 50.2 Å². The van der Waals surface area contributed by atoms with Crippen LogP contribution >= 0.6 is 0 Å². The van der Waals surface area contributed by atoms with Gasteiger partial charge in [0.1, 0.15) is 0 Å². The van der Waals surface area contributed by atoms with Gasteiger partial charge in [0.15, 0.2) is 23.8 Å². The monoisotopic (exact) mass is 459 g/mol. The molecular formula is C25H25N5O4. The largest absolute Gasteiger partial charge is 0.493 e. The maximum atomic E-state index is 12.8. The van der Waals surface area contributed by atoms with Gasteiger partial charge >= 0.3 is 0 Å². The SMILES string of the molecule is COc1ccccc1OCC(=O)Nc1cccc(NC(=O)c2cnc3c(cnn3C(C)C)c2)c1. The average Bonchev–Trinajstić information content (AvgIpc) is 3.27. The van der Waals surface area contributed by atoms with Crippen molar-refractivity contribution in [1.82, 2.24) is 14.8 Å². The first-order valence-corrected chi connectivity index (χ1v) is 10.7. The van der Waals surface area contributed by atoms with E-state index in [2.05, 4.69) is 20.7 Å². The normalized spacial score (nSPS) is 10.8. The number of hydrogen-bond donors (Lipinski definition) is 2. The molecule has 0 radical (unpaired) electrons. The van der Waals surface area contributed by atoms with Crippen LogP contribution in [0.3, 0.4) is 0 Å². The molecule has 2 aromatic heterocycles. The highest BCUT2D eigenvalue weighted by Gasteiger charge is 2.13. The van der Waals surface area contributed by atoms with E-state index in [4.69, 9.17) is 9.47 Å². The first-order valence-electron chi connectivity index (χ1n) is 10.7. The molecule has 0 unspecified atom stereocenters. The summed E-state index contributed by atoms with van der Waals surface area (Å²) in [7, 11) is 1.54. The van der Waals surface area contributed by atoms with Crippen LogP contribution < -0.4 is 20.1 Å². The van der Waals surface area contributed by atoms with Gasteiger partial charge in [-0.2, -0.15) is 5.10 Å². The lowest BCUT2D eigenvalue weighted by atomic mass is 10.2. The molecule has 174 valence electrons. The quantitative estimate of drug-likeness (QED) is 0.407. The molecule has 9 heteroatoms. The molecule has 2 aromatic carbocycles. The summed E-state index contributed by atoms with van der Waals surface area (Å²) < 4.78 is 12.6. The third kappa shape index (κ3) is 5.15. The number of benzene rings is 2. The summed E-state index contributed by atoms with van der Waals surface area (Å²) in [4.78, 5) is 29.5. The molecule has 2 heterocycles. The van der Waals surface area contributed by atoms with E-state index in [0.29, 0.717) is 28.4 Å². The standard InChI is InChI=1S/C25H25N5O4/c1-16(2)30-24-17(14-27-30)11-18(13-26-24)25(32)29-20-8-6-7-19(12-20)28-23(31)15-34-22-10-5-4-9-21(22)33-3/h4-14,16H,15H2,1-3H3,(H,28,31)(H,29,32). The minimum Gasteiger partial charge on any atom is -0.493 e. The molecule has 0 aliphatic heterocycles. The van der Waals surface area contributed by atoms with Crippen LogP contribution in [0.4, 0.5) is 11.4 Å². The Morgan fingerprint density at radius 2 is 1.71 bits per heavy atom. The van der Waals surface area contributed by atoms with E-state index < -0.39 is 0 Å². The van der Waals surface area contributed by atoms with E-state index >= 15 is 0 Å². The van der Waals surface area contributed by atoms with E-state index in [-0.39, 0.29) is 24.5 Å². The van der Waals surface area contributed by atoms with Gasteiger partial charge in [0.2, 0.25) is 0 Å². The Labute approximate surface area is 196 Å². The van der Waals surface area contributed by atoms with Crippen LogP contribution in [0.25, 0.3) is 11.0 Å². The number of nitrogens with one attached hydrogen (secondary N) is 2. The molecule has 0 atom stereocenters. The molecule has 0 aliphatic rings. The summed E-state index contributed by atoms with van der Waals surface area (Å²) in [6.07, 6.45) is 3.22. The molecule has 0 aliphatic carbocycles. The first kappa shape index (κ1) is 22.8. The Balaban J connectivity index is 1.39. The van der Waals surface area contributed by atoms with E-state index in [0.717, 1.165) is 11.0 Å². The fourth-order valence-corrected chi connectivity index (χ4v) is 3.40. The second kappa shape index (κ2) is 10.0. The number of para-hydroxylation sites is 2. The van der Waals surface area contributed by atoms with E-state index in [9.17, 15) is 9.59 Å². The number of aromatic nitrogens is 3. The number of pyridine rings is 1. The highest BCUT2D eigenvalue weighted by molar-refractivity contribution is 6.06. The molecule has 0 saturated heterocycles. The average molecular weight is 460 g/mol. The van der Waals surface area contributed by atoms with Gasteiger partial charge in [0, 0.05) is 29.0 Å². The molecule has 4 rings (SSSR count). The zero-order valence-electron chi connectivity index (χ0n) is 19.1. The minimum atomic E-state index is -0.341. The lowest BCUT2D eigenvalue weighted by Crippen LogP contribution is -2.20. The Kier molecular flexibility index (Phi) is 6.72. The third-order valence-electron chi connectivity index (χ3n) is 5.02. The zero-order chi connectivity index (χ0) is 24.1. The van der Waals surface area contributed by atoms with Crippen molar-refractivity contribution in [3.63, 3.8) is 0 Å². The number of amides is 2. The molecule has 0 bridgehead atoms. The number of anilines is 2. The van der Waals surface area contributed by atoms with Gasteiger partial charge in [0.05, 0.1) is 18.9 Å². The molecule has 34 heavy (non-hydrogen) atoms. The van der Waals surface area contributed by atoms with E-state index in [1.807, 2.05) is 19.9 Å². The predicted octanol–water partition coefficient (Wildman–Crippen LogP) is 4.29.